The lowest BCUT2D eigenvalue weighted by molar-refractivity contribution is -0.0334. The van der Waals surface area contributed by atoms with Crippen LogP contribution in [0.3, 0.4) is 0 Å². The van der Waals surface area contributed by atoms with Crippen LogP contribution in [0.5, 0.6) is 17.2 Å². The van der Waals surface area contributed by atoms with Gasteiger partial charge in [-0.3, -0.25) is 0 Å². The Morgan fingerprint density at radius 3 is 0.867 bits per heavy atom. The number of rotatable bonds is 12. The summed E-state index contributed by atoms with van der Waals surface area (Å²) in [5.74, 6) is 2.65. The van der Waals surface area contributed by atoms with Crippen molar-refractivity contribution in [2.24, 2.45) is 0 Å². The molecule has 0 aromatic heterocycles. The first kappa shape index (κ1) is 36.2. The molecule has 0 spiro atoms. The van der Waals surface area contributed by atoms with Crippen molar-refractivity contribution in [1.82, 2.24) is 0 Å². The number of ether oxygens (including phenoxy) is 5. The molecule has 4 aromatic rings. The van der Waals surface area contributed by atoms with Gasteiger partial charge in [-0.25, -0.2) is 0 Å². The van der Waals surface area contributed by atoms with Crippen LogP contribution in [0.15, 0.2) is 72.8 Å². The normalized spacial score (nSPS) is 12.7. The van der Waals surface area contributed by atoms with E-state index in [-0.39, 0.29) is 0 Å². The highest BCUT2D eigenvalue weighted by Crippen LogP contribution is 2.33. The molecule has 0 saturated carbocycles. The molecule has 0 bridgehead atoms. The van der Waals surface area contributed by atoms with Gasteiger partial charge in [0.2, 0.25) is 0 Å². The van der Waals surface area contributed by atoms with E-state index in [0.29, 0.717) is 19.8 Å². The first-order valence-corrected chi connectivity index (χ1v) is 18.6. The monoisotopic (exact) mass is 946 g/mol. The summed E-state index contributed by atoms with van der Waals surface area (Å²) >= 11 is 6.97. The van der Waals surface area contributed by atoms with E-state index in [0.717, 1.165) is 62.9 Å². The maximum atomic E-state index is 6.38. The predicted octanol–water partition coefficient (Wildman–Crippen LogP) is 9.96. The zero-order chi connectivity index (χ0) is 32.0. The van der Waals surface area contributed by atoms with Crippen LogP contribution in [0.25, 0.3) is 0 Å². The summed E-state index contributed by atoms with van der Waals surface area (Å²) in [6, 6.07) is 24.7. The third kappa shape index (κ3) is 11.0. The van der Waals surface area contributed by atoms with Crippen molar-refractivity contribution in [3.8, 4) is 17.2 Å². The van der Waals surface area contributed by atoms with E-state index < -0.39 is 0 Å². The van der Waals surface area contributed by atoms with Gasteiger partial charge in [-0.2, -0.15) is 0 Å². The predicted molar refractivity (Wildman–Crippen MR) is 207 cm³/mol. The Hall–Kier alpha value is -1.61. The molecule has 0 amide bonds. The smallest absolute Gasteiger partial charge is 0.119 e. The fourth-order valence-corrected chi connectivity index (χ4v) is 6.47. The zero-order valence-electron chi connectivity index (χ0n) is 26.2. The average molecular weight is 946 g/mol. The van der Waals surface area contributed by atoms with Crippen LogP contribution in [0.1, 0.15) is 54.2 Å². The molecule has 5 nitrogen and oxygen atoms in total. The molecular formula is C37H41I3O5. The minimum absolute atomic E-state index is 0.518. The van der Waals surface area contributed by atoms with Gasteiger partial charge in [0.05, 0.1) is 26.4 Å². The van der Waals surface area contributed by atoms with Crippen LogP contribution in [0, 0.1) is 10.7 Å². The molecule has 0 aliphatic carbocycles. The molecule has 0 radical (unpaired) electrons. The summed E-state index contributed by atoms with van der Waals surface area (Å²) in [5.41, 5.74) is 7.78. The second kappa shape index (κ2) is 19.3. The second-order valence-electron chi connectivity index (χ2n) is 10.4. The van der Waals surface area contributed by atoms with Crippen LogP contribution < -0.4 is 14.2 Å². The van der Waals surface area contributed by atoms with Gasteiger partial charge in [0.1, 0.15) is 37.1 Å². The third-order valence-corrected chi connectivity index (χ3v) is 9.74. The summed E-state index contributed by atoms with van der Waals surface area (Å²) < 4.78 is 32.6. The summed E-state index contributed by atoms with van der Waals surface area (Å²) in [6.07, 6.45) is 2.74. The van der Waals surface area contributed by atoms with Gasteiger partial charge < -0.3 is 23.7 Å². The molecule has 0 unspecified atom stereocenters. The molecular weight excluding hydrogens is 905 g/mol. The van der Waals surface area contributed by atoms with Crippen molar-refractivity contribution in [1.29, 1.82) is 0 Å². The number of benzene rings is 4. The van der Waals surface area contributed by atoms with Gasteiger partial charge in [-0.1, -0.05) is 20.8 Å². The maximum absolute atomic E-state index is 6.38. The van der Waals surface area contributed by atoms with Crippen LogP contribution in [0.2, 0.25) is 0 Å². The molecule has 1 heterocycles. The molecule has 1 saturated heterocycles. The van der Waals surface area contributed by atoms with E-state index in [1.807, 2.05) is 36.4 Å². The highest BCUT2D eigenvalue weighted by atomic mass is 127. The molecule has 0 atom stereocenters. The Labute approximate surface area is 309 Å². The first-order chi connectivity index (χ1) is 21.9. The van der Waals surface area contributed by atoms with E-state index in [1.165, 1.54) is 44.1 Å². The van der Waals surface area contributed by atoms with Crippen LogP contribution in [0.4, 0.5) is 0 Å². The highest BCUT2D eigenvalue weighted by molar-refractivity contribution is 14.1. The molecule has 45 heavy (non-hydrogen) atoms. The van der Waals surface area contributed by atoms with Crippen LogP contribution in [-0.2, 0) is 48.6 Å². The lowest BCUT2D eigenvalue weighted by Crippen LogP contribution is -2.17. The van der Waals surface area contributed by atoms with Crippen molar-refractivity contribution < 1.29 is 23.7 Å². The largest absolute Gasteiger partial charge is 0.489 e. The van der Waals surface area contributed by atoms with Crippen LogP contribution >= 0.6 is 67.8 Å². The Kier molecular flexibility index (Phi) is 15.5. The Balaban J connectivity index is 0.000000687. The van der Waals surface area contributed by atoms with Crippen molar-refractivity contribution in [2.45, 2.75) is 59.9 Å². The van der Waals surface area contributed by atoms with E-state index in [1.54, 1.807) is 0 Å². The van der Waals surface area contributed by atoms with Gasteiger partial charge in [0.15, 0.2) is 0 Å². The fourth-order valence-electron chi connectivity index (χ4n) is 5.39. The van der Waals surface area contributed by atoms with Gasteiger partial charge in [-0.15, -0.1) is 0 Å². The van der Waals surface area contributed by atoms with Crippen molar-refractivity contribution in [2.75, 3.05) is 26.4 Å². The van der Waals surface area contributed by atoms with Gasteiger partial charge >= 0.3 is 0 Å². The van der Waals surface area contributed by atoms with Gasteiger partial charge in [0, 0.05) is 10.7 Å². The van der Waals surface area contributed by atoms with E-state index in [2.05, 4.69) is 125 Å². The molecule has 4 aromatic carbocycles. The number of halogens is 3. The second-order valence-corrected chi connectivity index (χ2v) is 14.1. The Morgan fingerprint density at radius 1 is 0.422 bits per heavy atom. The third-order valence-electron chi connectivity index (χ3n) is 7.58. The zero-order valence-corrected chi connectivity index (χ0v) is 32.6. The van der Waals surface area contributed by atoms with Crippen molar-refractivity contribution in [3.63, 3.8) is 0 Å². The summed E-state index contributed by atoms with van der Waals surface area (Å²) in [5, 5.41) is 0. The topological polar surface area (TPSA) is 46.2 Å². The van der Waals surface area contributed by atoms with E-state index in [4.69, 9.17) is 23.7 Å². The minimum atomic E-state index is 0.518. The summed E-state index contributed by atoms with van der Waals surface area (Å²) in [4.78, 5) is 0. The molecule has 1 fully saturated rings. The molecule has 8 heteroatoms. The molecule has 1 aliphatic rings. The molecule has 5 rings (SSSR count). The van der Waals surface area contributed by atoms with Crippen molar-refractivity contribution in [3.05, 3.63) is 117 Å². The standard InChI is InChI=1S/C33H33I3O3.C4H8O2/c1-4-28-31(19-37-25-13-7-22(34)8-14-25)29(5-2)33(21-39-27-17-11-24(36)12-18-27)30(6-3)32(28)20-38-26-15-9-23(35)10-16-26;1-2-6-4-3-5-1/h7-18H,4-6,19-21H2,1-3H3;1-4H2. The lowest BCUT2D eigenvalue weighted by atomic mass is 9.84. The lowest BCUT2D eigenvalue weighted by Gasteiger charge is -2.26. The van der Waals surface area contributed by atoms with E-state index >= 15 is 0 Å². The van der Waals surface area contributed by atoms with Gasteiger partial charge in [-0.05, 0) is 193 Å². The minimum Gasteiger partial charge on any atom is -0.489 e. The molecule has 1 aliphatic heterocycles. The molecule has 0 N–H and O–H groups in total. The summed E-state index contributed by atoms with van der Waals surface area (Å²) in [6.45, 7) is 11.4. The SMILES string of the molecule is C1COCCO1.CCc1c(COc2ccc(I)cc2)c(CC)c(COc2ccc(I)cc2)c(CC)c1COc1ccc(I)cc1. The van der Waals surface area contributed by atoms with Crippen molar-refractivity contribution >= 4 is 67.8 Å². The Bertz CT molecular complexity index is 1270. The quantitative estimate of drug-likeness (QED) is 0.133. The van der Waals surface area contributed by atoms with E-state index in [9.17, 15) is 0 Å². The number of hydrogen-bond donors (Lipinski definition) is 0. The number of hydrogen-bond acceptors (Lipinski definition) is 5. The van der Waals surface area contributed by atoms with Gasteiger partial charge in [0.25, 0.3) is 0 Å². The fraction of sp³-hybridized carbons (Fsp3) is 0.351. The highest BCUT2D eigenvalue weighted by Gasteiger charge is 2.23. The summed E-state index contributed by atoms with van der Waals surface area (Å²) in [7, 11) is 0. The Morgan fingerprint density at radius 2 is 0.667 bits per heavy atom. The average Bonchev–Trinajstić information content (AvgIpc) is 3.08. The van der Waals surface area contributed by atoms with Crippen LogP contribution in [-0.4, -0.2) is 26.4 Å². The maximum Gasteiger partial charge on any atom is 0.119 e. The first-order valence-electron chi connectivity index (χ1n) is 15.4. The molecule has 240 valence electrons.